The summed E-state index contributed by atoms with van der Waals surface area (Å²) in [7, 11) is 0. The van der Waals surface area contributed by atoms with Gasteiger partial charge in [-0.2, -0.15) is 0 Å². The molecule has 0 atom stereocenters. The Morgan fingerprint density at radius 2 is 1.93 bits per heavy atom. The Hall–Kier alpha value is -1.51. The smallest absolute Gasteiger partial charge is 0.123 e. The van der Waals surface area contributed by atoms with E-state index >= 15 is 0 Å². The van der Waals surface area contributed by atoms with E-state index < -0.39 is 0 Å². The Labute approximate surface area is 87.7 Å². The van der Waals surface area contributed by atoms with E-state index in [1.165, 1.54) is 18.9 Å². The third-order valence-electron chi connectivity index (χ3n) is 3.02. The molecule has 0 spiro atoms. The maximum Gasteiger partial charge on any atom is 0.123 e. The molecule has 78 valence electrons. The molecule has 2 aromatic rings. The van der Waals surface area contributed by atoms with Gasteiger partial charge in [0.1, 0.15) is 11.6 Å². The zero-order chi connectivity index (χ0) is 10.3. The van der Waals surface area contributed by atoms with E-state index in [0.29, 0.717) is 0 Å². The van der Waals surface area contributed by atoms with Crippen molar-refractivity contribution >= 4 is 16.7 Å². The fraction of sp³-hybridized carbons (Fsp3) is 0.333. The van der Waals surface area contributed by atoms with Crippen LogP contribution in [0.1, 0.15) is 12.8 Å². The molecule has 2 heterocycles. The molecule has 3 rings (SSSR count). The zero-order valence-electron chi connectivity index (χ0n) is 8.46. The number of nitrogens with one attached hydrogen (secondary N) is 1. The number of aromatic amines is 1. The lowest BCUT2D eigenvalue weighted by atomic mass is 10.2. The number of hydrogen-bond donors (Lipinski definition) is 1. The van der Waals surface area contributed by atoms with Gasteiger partial charge >= 0.3 is 0 Å². The van der Waals surface area contributed by atoms with Crippen LogP contribution in [0.3, 0.4) is 0 Å². The first-order valence-electron chi connectivity index (χ1n) is 5.36. The van der Waals surface area contributed by atoms with E-state index in [2.05, 4.69) is 9.88 Å². The van der Waals surface area contributed by atoms with Crippen LogP contribution in [0.25, 0.3) is 10.9 Å². The summed E-state index contributed by atoms with van der Waals surface area (Å²) in [6.07, 6.45) is 2.51. The highest BCUT2D eigenvalue weighted by Crippen LogP contribution is 2.25. The predicted octanol–water partition coefficient (Wildman–Crippen LogP) is 2.91. The minimum Gasteiger partial charge on any atom is -0.358 e. The van der Waals surface area contributed by atoms with Crippen LogP contribution in [0.5, 0.6) is 0 Å². The number of aromatic nitrogens is 1. The van der Waals surface area contributed by atoms with Gasteiger partial charge in [-0.1, -0.05) is 0 Å². The van der Waals surface area contributed by atoms with E-state index in [9.17, 15) is 4.39 Å². The van der Waals surface area contributed by atoms with Crippen molar-refractivity contribution in [3.63, 3.8) is 0 Å². The van der Waals surface area contributed by atoms with Crippen molar-refractivity contribution in [2.24, 2.45) is 0 Å². The molecule has 0 radical (unpaired) electrons. The normalized spacial score (nSPS) is 16.5. The van der Waals surface area contributed by atoms with E-state index in [1.54, 1.807) is 12.1 Å². The highest BCUT2D eigenvalue weighted by molar-refractivity contribution is 5.84. The lowest BCUT2D eigenvalue weighted by Crippen LogP contribution is -2.17. The van der Waals surface area contributed by atoms with E-state index in [1.807, 2.05) is 6.07 Å². The van der Waals surface area contributed by atoms with Crippen molar-refractivity contribution < 1.29 is 4.39 Å². The van der Waals surface area contributed by atoms with Crippen LogP contribution in [-0.2, 0) is 0 Å². The standard InChI is InChI=1S/C12H13FN2/c13-10-3-4-11-9(7-10)8-12(14-11)15-5-1-2-6-15/h3-4,7-8,14H,1-2,5-6H2. The van der Waals surface area contributed by atoms with Crippen LogP contribution in [0.4, 0.5) is 10.2 Å². The Balaban J connectivity index is 2.05. The van der Waals surface area contributed by atoms with Gasteiger partial charge < -0.3 is 9.88 Å². The van der Waals surface area contributed by atoms with Gasteiger partial charge in [-0.15, -0.1) is 0 Å². The molecule has 1 aromatic heterocycles. The highest BCUT2D eigenvalue weighted by atomic mass is 19.1. The second-order valence-electron chi connectivity index (χ2n) is 4.08. The fourth-order valence-corrected chi connectivity index (χ4v) is 2.22. The second-order valence-corrected chi connectivity index (χ2v) is 4.08. The van der Waals surface area contributed by atoms with Crippen LogP contribution in [0, 0.1) is 5.82 Å². The largest absolute Gasteiger partial charge is 0.358 e. The number of rotatable bonds is 1. The molecule has 0 bridgehead atoms. The summed E-state index contributed by atoms with van der Waals surface area (Å²) in [4.78, 5) is 5.64. The number of nitrogens with zero attached hydrogens (tertiary/aromatic N) is 1. The monoisotopic (exact) mass is 204 g/mol. The molecule has 0 unspecified atom stereocenters. The van der Waals surface area contributed by atoms with E-state index in [0.717, 1.165) is 29.8 Å². The molecule has 0 amide bonds. The summed E-state index contributed by atoms with van der Waals surface area (Å²) in [5.41, 5.74) is 1.01. The van der Waals surface area contributed by atoms with E-state index in [-0.39, 0.29) is 5.82 Å². The maximum absolute atomic E-state index is 13.0. The van der Waals surface area contributed by atoms with Gasteiger partial charge in [0.15, 0.2) is 0 Å². The molecule has 3 heteroatoms. The van der Waals surface area contributed by atoms with Gasteiger partial charge in [0.25, 0.3) is 0 Å². The van der Waals surface area contributed by atoms with Crippen LogP contribution in [0.15, 0.2) is 24.3 Å². The molecule has 0 saturated carbocycles. The van der Waals surface area contributed by atoms with Gasteiger partial charge in [0, 0.05) is 24.0 Å². The molecule has 1 N–H and O–H groups in total. The van der Waals surface area contributed by atoms with Gasteiger partial charge in [-0.25, -0.2) is 4.39 Å². The summed E-state index contributed by atoms with van der Waals surface area (Å²) in [6, 6.07) is 6.89. The first-order valence-corrected chi connectivity index (χ1v) is 5.36. The Morgan fingerprint density at radius 1 is 1.13 bits per heavy atom. The average molecular weight is 204 g/mol. The Morgan fingerprint density at radius 3 is 2.73 bits per heavy atom. The van der Waals surface area contributed by atoms with Crippen LogP contribution < -0.4 is 4.90 Å². The molecule has 1 saturated heterocycles. The van der Waals surface area contributed by atoms with Crippen molar-refractivity contribution in [3.05, 3.63) is 30.1 Å². The zero-order valence-corrected chi connectivity index (χ0v) is 8.46. The summed E-state index contributed by atoms with van der Waals surface area (Å²) in [6.45, 7) is 2.21. The SMILES string of the molecule is Fc1ccc2[nH]c(N3CCCC3)cc2c1. The Bertz CT molecular complexity index is 483. The average Bonchev–Trinajstić information content (AvgIpc) is 2.84. The lowest BCUT2D eigenvalue weighted by molar-refractivity contribution is 0.630. The van der Waals surface area contributed by atoms with Crippen LogP contribution in [-0.4, -0.2) is 18.1 Å². The van der Waals surface area contributed by atoms with Gasteiger partial charge in [-0.05, 0) is 37.1 Å². The van der Waals surface area contributed by atoms with Crippen LogP contribution >= 0.6 is 0 Å². The number of anilines is 1. The van der Waals surface area contributed by atoms with Gasteiger partial charge in [0.2, 0.25) is 0 Å². The number of benzene rings is 1. The van der Waals surface area contributed by atoms with Crippen molar-refractivity contribution in [1.29, 1.82) is 0 Å². The topological polar surface area (TPSA) is 19.0 Å². The first kappa shape index (κ1) is 8.77. The number of hydrogen-bond acceptors (Lipinski definition) is 1. The van der Waals surface area contributed by atoms with Crippen molar-refractivity contribution in [1.82, 2.24) is 4.98 Å². The number of fused-ring (bicyclic) bond motifs is 1. The Kier molecular flexibility index (Phi) is 1.91. The molecule has 1 fully saturated rings. The third kappa shape index (κ3) is 1.48. The van der Waals surface area contributed by atoms with Gasteiger partial charge in [0.05, 0.1) is 0 Å². The molecule has 15 heavy (non-hydrogen) atoms. The lowest BCUT2D eigenvalue weighted by Gasteiger charge is -2.14. The molecular weight excluding hydrogens is 191 g/mol. The number of H-pyrrole nitrogens is 1. The fourth-order valence-electron chi connectivity index (χ4n) is 2.22. The van der Waals surface area contributed by atoms with Crippen molar-refractivity contribution in [2.75, 3.05) is 18.0 Å². The molecular formula is C12H13FN2. The predicted molar refractivity (Wildman–Crippen MR) is 59.7 cm³/mol. The summed E-state index contributed by atoms with van der Waals surface area (Å²) in [5.74, 6) is 0.947. The quantitative estimate of drug-likeness (QED) is 0.756. The molecule has 1 aliphatic rings. The van der Waals surface area contributed by atoms with Crippen molar-refractivity contribution in [3.8, 4) is 0 Å². The first-order chi connectivity index (χ1) is 7.33. The van der Waals surface area contributed by atoms with Gasteiger partial charge in [-0.3, -0.25) is 0 Å². The minimum absolute atomic E-state index is 0.172. The van der Waals surface area contributed by atoms with Crippen LogP contribution in [0.2, 0.25) is 0 Å². The maximum atomic E-state index is 13.0. The number of halogens is 1. The molecule has 2 nitrogen and oxygen atoms in total. The summed E-state index contributed by atoms with van der Waals surface area (Å²) < 4.78 is 13.0. The minimum atomic E-state index is -0.172. The summed E-state index contributed by atoms with van der Waals surface area (Å²) in [5, 5.41) is 0.955. The second kappa shape index (κ2) is 3.26. The molecule has 0 aliphatic carbocycles. The van der Waals surface area contributed by atoms with E-state index in [4.69, 9.17) is 0 Å². The molecule has 1 aliphatic heterocycles. The molecule has 1 aromatic carbocycles. The highest BCUT2D eigenvalue weighted by Gasteiger charge is 2.14. The summed E-state index contributed by atoms with van der Waals surface area (Å²) >= 11 is 0. The van der Waals surface area contributed by atoms with Crippen molar-refractivity contribution in [2.45, 2.75) is 12.8 Å². The third-order valence-corrected chi connectivity index (χ3v) is 3.02.